The van der Waals surface area contributed by atoms with E-state index in [-0.39, 0.29) is 42.7 Å². The molecule has 2 N–H and O–H groups in total. The van der Waals surface area contributed by atoms with Crippen LogP contribution in [0.1, 0.15) is 25.9 Å². The average Bonchev–Trinajstić information content (AvgIpc) is 3.75. The smallest absolute Gasteiger partial charge is 0.302 e. The topological polar surface area (TPSA) is 156 Å². The van der Waals surface area contributed by atoms with E-state index in [0.29, 0.717) is 11.3 Å². The molecule has 0 radical (unpaired) electrons. The van der Waals surface area contributed by atoms with E-state index in [4.69, 9.17) is 18.9 Å². The Labute approximate surface area is 276 Å². The average molecular weight is 691 g/mol. The molecule has 0 aliphatic carbocycles. The number of thioether (sulfide) groups is 1. The molecule has 2 aliphatic heterocycles. The molecule has 8 unspecified atom stereocenters. The van der Waals surface area contributed by atoms with E-state index >= 15 is 0 Å². The Kier molecular flexibility index (Phi) is 10.0. The first-order valence-electron chi connectivity index (χ1n) is 15.0. The van der Waals surface area contributed by atoms with Gasteiger partial charge >= 0.3 is 5.97 Å². The van der Waals surface area contributed by atoms with Crippen molar-refractivity contribution >= 4 is 17.7 Å². The van der Waals surface area contributed by atoms with Gasteiger partial charge in [0.25, 0.3) is 0 Å². The molecule has 0 spiro atoms. The summed E-state index contributed by atoms with van der Waals surface area (Å²) in [5.74, 6) is -5.11. The van der Waals surface area contributed by atoms with E-state index in [1.165, 1.54) is 41.4 Å². The molecule has 17 heteroatoms. The third-order valence-corrected chi connectivity index (χ3v) is 9.92. The molecule has 2 aliphatic rings. The van der Waals surface area contributed by atoms with Gasteiger partial charge in [0.2, 0.25) is 0 Å². The van der Waals surface area contributed by atoms with Gasteiger partial charge in [-0.1, -0.05) is 29.5 Å². The third kappa shape index (κ3) is 6.91. The summed E-state index contributed by atoms with van der Waals surface area (Å²) < 4.78 is 68.2. The summed E-state index contributed by atoms with van der Waals surface area (Å²) in [7, 11) is 1.49. The first-order valence-corrected chi connectivity index (χ1v) is 16.0. The Balaban J connectivity index is 1.25. The zero-order valence-corrected chi connectivity index (χ0v) is 26.8. The highest BCUT2D eigenvalue weighted by atomic mass is 32.2. The van der Waals surface area contributed by atoms with Crippen molar-refractivity contribution in [2.24, 2.45) is 5.92 Å². The number of aromatic hydroxyl groups is 1. The van der Waals surface area contributed by atoms with E-state index in [1.54, 1.807) is 30.5 Å². The van der Waals surface area contributed by atoms with Crippen LogP contribution in [-0.2, 0) is 23.7 Å². The predicted octanol–water partition coefficient (Wildman–Crippen LogP) is 3.54. The minimum atomic E-state index is -1.59. The Morgan fingerprint density at radius 3 is 2.42 bits per heavy atom. The highest BCUT2D eigenvalue weighted by Gasteiger charge is 2.49. The summed E-state index contributed by atoms with van der Waals surface area (Å²) in [5.41, 5.74) is 0.500. The first-order chi connectivity index (χ1) is 23.0. The van der Waals surface area contributed by atoms with Crippen molar-refractivity contribution in [1.29, 1.82) is 0 Å². The molecule has 4 heterocycles. The van der Waals surface area contributed by atoms with Crippen LogP contribution in [0.3, 0.4) is 0 Å². The second kappa shape index (κ2) is 14.2. The van der Waals surface area contributed by atoms with Crippen molar-refractivity contribution < 1.29 is 47.1 Å². The standard InChI is InChI=1S/C31H33F3N6O7S/c1-15-25(13-46-16(2)41)47-31(30(44-3)28(15)40-11-23(36-38-40)18-8-20(32)27(34)21(33)9-18)48-26-14-45-12-24(29(26)43)39-10-22(35-37-39)17-5-4-6-19(42)7-17/h4-11,15,24-26,28-31,42-43H,12-14H2,1-3H3. The summed E-state index contributed by atoms with van der Waals surface area (Å²) in [6.45, 7) is 3.40. The zero-order chi connectivity index (χ0) is 34.1. The first kappa shape index (κ1) is 33.9. The summed E-state index contributed by atoms with van der Waals surface area (Å²) in [6.07, 6.45) is 0.829. The van der Waals surface area contributed by atoms with Crippen LogP contribution in [0.5, 0.6) is 5.75 Å². The van der Waals surface area contributed by atoms with Gasteiger partial charge in [0.1, 0.15) is 41.3 Å². The molecule has 0 bridgehead atoms. The lowest BCUT2D eigenvalue weighted by Crippen LogP contribution is -2.54. The number of phenols is 1. The summed E-state index contributed by atoms with van der Waals surface area (Å²) >= 11 is 1.27. The lowest BCUT2D eigenvalue weighted by Gasteiger charge is -2.46. The molecule has 8 atom stereocenters. The molecular weight excluding hydrogens is 657 g/mol. The summed E-state index contributed by atoms with van der Waals surface area (Å²) in [5, 5.41) is 37.6. The van der Waals surface area contributed by atoms with Crippen molar-refractivity contribution in [3.8, 4) is 28.3 Å². The molecule has 2 aromatic heterocycles. The van der Waals surface area contributed by atoms with Crippen LogP contribution in [0.2, 0.25) is 0 Å². The van der Waals surface area contributed by atoms with Crippen molar-refractivity contribution in [3.63, 3.8) is 0 Å². The number of carbonyl (C=O) groups excluding carboxylic acids is 1. The number of hydrogen-bond donors (Lipinski definition) is 2. The summed E-state index contributed by atoms with van der Waals surface area (Å²) in [6, 6.07) is 7.06. The number of nitrogens with zero attached hydrogens (tertiary/aromatic N) is 6. The molecule has 256 valence electrons. The molecule has 0 saturated carbocycles. The molecule has 6 rings (SSSR count). The van der Waals surface area contributed by atoms with E-state index in [0.717, 1.165) is 12.1 Å². The Morgan fingerprint density at radius 2 is 1.73 bits per heavy atom. The fourth-order valence-corrected chi connectivity index (χ4v) is 7.46. The fraction of sp³-hybridized carbons (Fsp3) is 0.452. The highest BCUT2D eigenvalue weighted by molar-refractivity contribution is 8.00. The van der Waals surface area contributed by atoms with Gasteiger partial charge in [-0.25, -0.2) is 22.5 Å². The van der Waals surface area contributed by atoms with Crippen LogP contribution in [0, 0.1) is 23.4 Å². The van der Waals surface area contributed by atoms with Crippen molar-refractivity contribution in [2.75, 3.05) is 26.9 Å². The number of carbonyl (C=O) groups is 1. The quantitative estimate of drug-likeness (QED) is 0.195. The van der Waals surface area contributed by atoms with Crippen LogP contribution in [0.15, 0.2) is 48.8 Å². The summed E-state index contributed by atoms with van der Waals surface area (Å²) in [4.78, 5) is 11.7. The molecule has 0 amide bonds. The lowest BCUT2D eigenvalue weighted by molar-refractivity contribution is -0.172. The molecule has 13 nitrogen and oxygen atoms in total. The predicted molar refractivity (Wildman–Crippen MR) is 164 cm³/mol. The van der Waals surface area contributed by atoms with E-state index in [9.17, 15) is 28.2 Å². The maximum atomic E-state index is 14.0. The van der Waals surface area contributed by atoms with Crippen LogP contribution in [-0.4, -0.2) is 102 Å². The van der Waals surface area contributed by atoms with Gasteiger partial charge in [0.15, 0.2) is 17.5 Å². The molecule has 2 aromatic carbocycles. The number of esters is 1. The Bertz CT molecular complexity index is 1740. The number of rotatable bonds is 9. The number of ether oxygens (including phenoxy) is 4. The van der Waals surface area contributed by atoms with Gasteiger partial charge in [-0.3, -0.25) is 4.79 Å². The number of benzene rings is 2. The van der Waals surface area contributed by atoms with Gasteiger partial charge in [-0.2, -0.15) is 0 Å². The van der Waals surface area contributed by atoms with Crippen LogP contribution in [0.25, 0.3) is 22.5 Å². The SMILES string of the molecule is COC1C(SC2COCC(n3cc(-c4cccc(O)c4)nn3)C2O)OC(COC(C)=O)C(C)C1n1cc(-c2cc(F)c(F)c(F)c2)nn1. The van der Waals surface area contributed by atoms with Gasteiger partial charge < -0.3 is 29.2 Å². The van der Waals surface area contributed by atoms with Crippen LogP contribution < -0.4 is 0 Å². The monoisotopic (exact) mass is 690 g/mol. The van der Waals surface area contributed by atoms with E-state index in [1.807, 2.05) is 6.92 Å². The minimum absolute atomic E-state index is 0.0115. The molecule has 4 aromatic rings. The number of aliphatic hydroxyl groups excluding tert-OH is 1. The second-order valence-corrected chi connectivity index (χ2v) is 13.0. The largest absolute Gasteiger partial charge is 0.508 e. The van der Waals surface area contributed by atoms with Gasteiger partial charge in [0.05, 0.1) is 49.1 Å². The fourth-order valence-electron chi connectivity index (χ4n) is 5.97. The van der Waals surface area contributed by atoms with E-state index < -0.39 is 64.5 Å². The maximum Gasteiger partial charge on any atom is 0.302 e. The molecule has 2 saturated heterocycles. The van der Waals surface area contributed by atoms with Crippen LogP contribution >= 0.6 is 11.8 Å². The number of phenolic OH excluding ortho intramolecular Hbond substituents is 1. The maximum absolute atomic E-state index is 14.0. The second-order valence-electron chi connectivity index (χ2n) is 11.6. The van der Waals surface area contributed by atoms with Crippen LogP contribution in [0.4, 0.5) is 13.2 Å². The highest BCUT2D eigenvalue weighted by Crippen LogP contribution is 2.43. The third-order valence-electron chi connectivity index (χ3n) is 8.50. The number of aliphatic hydroxyl groups is 1. The van der Waals surface area contributed by atoms with E-state index in [2.05, 4.69) is 20.6 Å². The number of aromatic nitrogens is 6. The van der Waals surface area contributed by atoms with Crippen molar-refractivity contribution in [3.05, 3.63) is 66.2 Å². The Morgan fingerprint density at radius 1 is 1.04 bits per heavy atom. The number of methoxy groups -OCH3 is 1. The lowest BCUT2D eigenvalue weighted by atomic mass is 9.89. The van der Waals surface area contributed by atoms with Gasteiger partial charge in [0, 0.05) is 31.1 Å². The number of halogens is 3. The van der Waals surface area contributed by atoms with Gasteiger partial charge in [-0.05, 0) is 24.3 Å². The molecular formula is C31H33F3N6O7S. The normalized spacial score (nSPS) is 27.6. The zero-order valence-electron chi connectivity index (χ0n) is 26.0. The van der Waals surface area contributed by atoms with Gasteiger partial charge in [-0.15, -0.1) is 22.0 Å². The van der Waals surface area contributed by atoms with Crippen molar-refractivity contribution in [2.45, 2.75) is 54.9 Å². The minimum Gasteiger partial charge on any atom is -0.508 e. The molecule has 2 fully saturated rings. The number of hydrogen-bond acceptors (Lipinski definition) is 12. The van der Waals surface area contributed by atoms with Crippen molar-refractivity contribution in [1.82, 2.24) is 30.0 Å². The molecule has 48 heavy (non-hydrogen) atoms. The Hall–Kier alpha value is -4.03.